The van der Waals surface area contributed by atoms with Gasteiger partial charge < -0.3 is 25.4 Å². The Labute approximate surface area is 159 Å². The van der Waals surface area contributed by atoms with Gasteiger partial charge in [0.2, 0.25) is 11.8 Å². The smallest absolute Gasteiger partial charge is 0.243 e. The van der Waals surface area contributed by atoms with Gasteiger partial charge in [0.05, 0.1) is 26.5 Å². The lowest BCUT2D eigenvalue weighted by molar-refractivity contribution is -0.116. The summed E-state index contributed by atoms with van der Waals surface area (Å²) in [6.07, 6.45) is 1.30. The highest BCUT2D eigenvalue weighted by Crippen LogP contribution is 2.28. The second-order valence-electron chi connectivity index (χ2n) is 5.84. The Kier molecular flexibility index (Phi) is 7.49. The van der Waals surface area contributed by atoms with Crippen LogP contribution in [0.1, 0.15) is 19.8 Å². The van der Waals surface area contributed by atoms with Crippen molar-refractivity contribution in [2.45, 2.75) is 19.8 Å². The molecule has 0 radical (unpaired) electrons. The first-order valence-electron chi connectivity index (χ1n) is 8.71. The highest BCUT2D eigenvalue weighted by Gasteiger charge is 2.09. The minimum Gasteiger partial charge on any atom is -0.497 e. The van der Waals surface area contributed by atoms with Gasteiger partial charge >= 0.3 is 0 Å². The molecule has 0 spiro atoms. The molecular weight excluding hydrogens is 346 g/mol. The fourth-order valence-corrected chi connectivity index (χ4v) is 2.41. The van der Waals surface area contributed by atoms with Crippen molar-refractivity contribution in [2.75, 3.05) is 36.7 Å². The number of carbonyl (C=O) groups is 2. The van der Waals surface area contributed by atoms with E-state index in [1.54, 1.807) is 49.6 Å². The molecule has 0 saturated heterocycles. The Morgan fingerprint density at radius 1 is 0.889 bits per heavy atom. The summed E-state index contributed by atoms with van der Waals surface area (Å²) in [7, 11) is 3.10. The van der Waals surface area contributed by atoms with E-state index in [0.717, 1.165) is 17.8 Å². The standard InChI is InChI=1S/C20H25N3O4/c1-4-5-19(24)22-15-8-6-14(7-9-15)21-13-20(25)23-17-12-16(26-2)10-11-18(17)27-3/h6-12,21H,4-5,13H2,1-3H3,(H,22,24)(H,23,25). The second-order valence-corrected chi connectivity index (χ2v) is 5.84. The normalized spacial score (nSPS) is 10.0. The molecule has 2 amide bonds. The lowest BCUT2D eigenvalue weighted by atomic mass is 10.2. The molecule has 0 atom stereocenters. The quantitative estimate of drug-likeness (QED) is 0.628. The summed E-state index contributed by atoms with van der Waals surface area (Å²) in [6, 6.07) is 12.4. The van der Waals surface area contributed by atoms with Crippen molar-refractivity contribution in [3.63, 3.8) is 0 Å². The average molecular weight is 371 g/mol. The number of carbonyl (C=O) groups excluding carboxylic acids is 2. The first-order valence-corrected chi connectivity index (χ1v) is 8.71. The Bertz CT molecular complexity index is 775. The highest BCUT2D eigenvalue weighted by molar-refractivity contribution is 5.95. The van der Waals surface area contributed by atoms with E-state index in [1.807, 2.05) is 6.92 Å². The Morgan fingerprint density at radius 3 is 2.22 bits per heavy atom. The monoisotopic (exact) mass is 371 g/mol. The molecular formula is C20H25N3O4. The summed E-state index contributed by atoms with van der Waals surface area (Å²) in [5.74, 6) is 0.947. The highest BCUT2D eigenvalue weighted by atomic mass is 16.5. The van der Waals surface area contributed by atoms with E-state index >= 15 is 0 Å². The number of anilines is 3. The van der Waals surface area contributed by atoms with Gasteiger partial charge in [-0.25, -0.2) is 0 Å². The molecule has 0 aliphatic rings. The van der Waals surface area contributed by atoms with E-state index < -0.39 is 0 Å². The maximum Gasteiger partial charge on any atom is 0.243 e. The number of methoxy groups -OCH3 is 2. The first kappa shape index (κ1) is 20.1. The third-order valence-corrected chi connectivity index (χ3v) is 3.78. The topological polar surface area (TPSA) is 88.7 Å². The zero-order valence-electron chi connectivity index (χ0n) is 15.8. The van der Waals surface area contributed by atoms with Crippen molar-refractivity contribution in [1.29, 1.82) is 0 Å². The van der Waals surface area contributed by atoms with Crippen molar-refractivity contribution in [3.05, 3.63) is 42.5 Å². The van der Waals surface area contributed by atoms with E-state index in [-0.39, 0.29) is 18.4 Å². The summed E-state index contributed by atoms with van der Waals surface area (Å²) >= 11 is 0. The molecule has 0 aliphatic carbocycles. The summed E-state index contributed by atoms with van der Waals surface area (Å²) in [4.78, 5) is 23.8. The third kappa shape index (κ3) is 6.22. The summed E-state index contributed by atoms with van der Waals surface area (Å²) in [5, 5.41) is 8.65. The molecule has 0 unspecified atom stereocenters. The van der Waals surface area contributed by atoms with Crippen molar-refractivity contribution >= 4 is 28.9 Å². The lowest BCUT2D eigenvalue weighted by Gasteiger charge is -2.12. The number of ether oxygens (including phenoxy) is 2. The lowest BCUT2D eigenvalue weighted by Crippen LogP contribution is -2.22. The number of benzene rings is 2. The molecule has 2 rings (SSSR count). The molecule has 2 aromatic carbocycles. The van der Waals surface area contributed by atoms with E-state index in [1.165, 1.54) is 7.11 Å². The van der Waals surface area contributed by atoms with Gasteiger partial charge in [-0.1, -0.05) is 6.92 Å². The largest absolute Gasteiger partial charge is 0.497 e. The zero-order chi connectivity index (χ0) is 19.6. The summed E-state index contributed by atoms with van der Waals surface area (Å²) in [5.41, 5.74) is 2.04. The number of rotatable bonds is 9. The minimum atomic E-state index is -0.220. The average Bonchev–Trinajstić information content (AvgIpc) is 2.67. The minimum absolute atomic E-state index is 0.00942. The fraction of sp³-hybridized carbons (Fsp3) is 0.300. The van der Waals surface area contributed by atoms with Crippen LogP contribution in [0.15, 0.2) is 42.5 Å². The van der Waals surface area contributed by atoms with Gasteiger partial charge in [-0.2, -0.15) is 0 Å². The van der Waals surface area contributed by atoms with E-state index in [9.17, 15) is 9.59 Å². The predicted octanol–water partition coefficient (Wildman–Crippen LogP) is 3.49. The fourth-order valence-electron chi connectivity index (χ4n) is 2.41. The van der Waals surface area contributed by atoms with Gasteiger partial charge in [0.25, 0.3) is 0 Å². The number of hydrogen-bond acceptors (Lipinski definition) is 5. The molecule has 0 bridgehead atoms. The Morgan fingerprint density at radius 2 is 1.59 bits per heavy atom. The molecule has 0 heterocycles. The van der Waals surface area contributed by atoms with Crippen molar-refractivity contribution in [1.82, 2.24) is 0 Å². The van der Waals surface area contributed by atoms with E-state index in [4.69, 9.17) is 9.47 Å². The van der Waals surface area contributed by atoms with Gasteiger partial charge in [-0.15, -0.1) is 0 Å². The van der Waals surface area contributed by atoms with Crippen LogP contribution in [-0.2, 0) is 9.59 Å². The Balaban J connectivity index is 1.89. The van der Waals surface area contributed by atoms with Crippen LogP contribution in [0, 0.1) is 0 Å². The number of hydrogen-bond donors (Lipinski definition) is 3. The third-order valence-electron chi connectivity index (χ3n) is 3.78. The van der Waals surface area contributed by atoms with Crippen LogP contribution in [0.3, 0.4) is 0 Å². The van der Waals surface area contributed by atoms with Crippen LogP contribution in [0.5, 0.6) is 11.5 Å². The van der Waals surface area contributed by atoms with Gasteiger partial charge in [0.1, 0.15) is 11.5 Å². The molecule has 0 fully saturated rings. The first-order chi connectivity index (χ1) is 13.0. The molecule has 7 heteroatoms. The second kappa shape index (κ2) is 10.1. The SMILES string of the molecule is CCCC(=O)Nc1ccc(NCC(=O)Nc2cc(OC)ccc2OC)cc1. The van der Waals surface area contributed by atoms with Crippen LogP contribution < -0.4 is 25.4 Å². The van der Waals surface area contributed by atoms with Crippen molar-refractivity contribution < 1.29 is 19.1 Å². The molecule has 0 aromatic heterocycles. The molecule has 7 nitrogen and oxygen atoms in total. The molecule has 3 N–H and O–H groups in total. The van der Waals surface area contributed by atoms with Crippen molar-refractivity contribution in [2.24, 2.45) is 0 Å². The summed E-state index contributed by atoms with van der Waals surface area (Å²) in [6.45, 7) is 2.04. The van der Waals surface area contributed by atoms with Crippen LogP contribution in [0.2, 0.25) is 0 Å². The maximum absolute atomic E-state index is 12.2. The number of amides is 2. The van der Waals surface area contributed by atoms with Crippen LogP contribution in [0.25, 0.3) is 0 Å². The van der Waals surface area contributed by atoms with E-state index in [2.05, 4.69) is 16.0 Å². The number of nitrogens with one attached hydrogen (secondary N) is 3. The molecule has 0 saturated carbocycles. The zero-order valence-corrected chi connectivity index (χ0v) is 15.8. The molecule has 0 aliphatic heterocycles. The predicted molar refractivity (Wildman–Crippen MR) is 107 cm³/mol. The van der Waals surface area contributed by atoms with Crippen LogP contribution in [0.4, 0.5) is 17.1 Å². The van der Waals surface area contributed by atoms with Crippen molar-refractivity contribution in [3.8, 4) is 11.5 Å². The molecule has 2 aromatic rings. The van der Waals surface area contributed by atoms with Gasteiger partial charge in [0, 0.05) is 23.9 Å². The van der Waals surface area contributed by atoms with Crippen LogP contribution in [-0.4, -0.2) is 32.6 Å². The van der Waals surface area contributed by atoms with Crippen LogP contribution >= 0.6 is 0 Å². The Hall–Kier alpha value is -3.22. The maximum atomic E-state index is 12.2. The van der Waals surface area contributed by atoms with Gasteiger partial charge in [-0.05, 0) is 42.8 Å². The molecule has 144 valence electrons. The van der Waals surface area contributed by atoms with E-state index in [0.29, 0.717) is 23.6 Å². The molecule has 27 heavy (non-hydrogen) atoms. The summed E-state index contributed by atoms with van der Waals surface area (Å²) < 4.78 is 10.4. The van der Waals surface area contributed by atoms with Gasteiger partial charge in [-0.3, -0.25) is 9.59 Å². The van der Waals surface area contributed by atoms with Gasteiger partial charge in [0.15, 0.2) is 0 Å².